The van der Waals surface area contributed by atoms with E-state index in [4.69, 9.17) is 20.9 Å². The Labute approximate surface area is 94.3 Å². The molecule has 0 heterocycles. The van der Waals surface area contributed by atoms with Crippen molar-refractivity contribution in [2.24, 2.45) is 11.5 Å². The lowest BCUT2D eigenvalue weighted by Crippen LogP contribution is -2.12. The van der Waals surface area contributed by atoms with Crippen LogP contribution in [0, 0.1) is 0 Å². The molecule has 0 saturated heterocycles. The smallest absolute Gasteiger partial charge is 0.150 e. The van der Waals surface area contributed by atoms with Crippen LogP contribution in [0.25, 0.3) is 0 Å². The summed E-state index contributed by atoms with van der Waals surface area (Å²) in [6.45, 7) is 1.64. The fraction of sp³-hybridized carbons (Fsp3) is 0.364. The van der Waals surface area contributed by atoms with Crippen LogP contribution < -0.4 is 20.9 Å². The van der Waals surface area contributed by atoms with Gasteiger partial charge in [0.25, 0.3) is 0 Å². The summed E-state index contributed by atoms with van der Waals surface area (Å²) in [5.74, 6) is 1.14. The highest BCUT2D eigenvalue weighted by Crippen LogP contribution is 2.22. The Kier molecular flexibility index (Phi) is 5.31. The van der Waals surface area contributed by atoms with Gasteiger partial charge in [0.05, 0.1) is 0 Å². The maximum atomic E-state index is 10.7. The van der Waals surface area contributed by atoms with Crippen molar-refractivity contribution in [3.05, 3.63) is 23.8 Å². The average molecular weight is 224 g/mol. The minimum Gasteiger partial charge on any atom is -0.492 e. The number of rotatable bonds is 7. The predicted molar refractivity (Wildman–Crippen MR) is 60.9 cm³/mol. The maximum Gasteiger partial charge on any atom is 0.150 e. The number of carbonyl (C=O) groups excluding carboxylic acids is 1. The molecule has 0 saturated carbocycles. The second-order valence-electron chi connectivity index (χ2n) is 3.13. The van der Waals surface area contributed by atoms with Gasteiger partial charge < -0.3 is 20.9 Å². The van der Waals surface area contributed by atoms with Crippen molar-refractivity contribution in [1.29, 1.82) is 0 Å². The summed E-state index contributed by atoms with van der Waals surface area (Å²) in [5, 5.41) is 0. The van der Waals surface area contributed by atoms with Crippen molar-refractivity contribution in [2.75, 3.05) is 26.3 Å². The summed E-state index contributed by atoms with van der Waals surface area (Å²) in [6.07, 6.45) is 0.741. The lowest BCUT2D eigenvalue weighted by Gasteiger charge is -2.09. The van der Waals surface area contributed by atoms with Gasteiger partial charge >= 0.3 is 0 Å². The molecule has 0 amide bonds. The molecule has 0 aliphatic heterocycles. The van der Waals surface area contributed by atoms with Crippen LogP contribution in [-0.2, 0) is 0 Å². The Morgan fingerprint density at radius 1 is 1.00 bits per heavy atom. The Bertz CT molecular complexity index is 316. The molecule has 0 fully saturated rings. The largest absolute Gasteiger partial charge is 0.492 e. The quantitative estimate of drug-likeness (QED) is 0.645. The molecule has 0 spiro atoms. The first-order valence-electron chi connectivity index (χ1n) is 5.06. The number of hydrogen-bond donors (Lipinski definition) is 2. The van der Waals surface area contributed by atoms with Gasteiger partial charge in [-0.3, -0.25) is 4.79 Å². The van der Waals surface area contributed by atoms with Crippen LogP contribution in [0.1, 0.15) is 10.4 Å². The highest BCUT2D eigenvalue weighted by Gasteiger charge is 2.02. The van der Waals surface area contributed by atoms with Crippen LogP contribution in [0.5, 0.6) is 11.5 Å². The third-order valence-electron chi connectivity index (χ3n) is 1.81. The Balaban J connectivity index is 2.78. The highest BCUT2D eigenvalue weighted by molar-refractivity contribution is 5.76. The molecule has 88 valence electrons. The lowest BCUT2D eigenvalue weighted by molar-refractivity contribution is 0.112. The molecule has 16 heavy (non-hydrogen) atoms. The standard InChI is InChI=1S/C11H16N2O3/c12-1-3-15-10-5-9(8-14)6-11(7-10)16-4-2-13/h5-8H,1-4,12-13H2. The van der Waals surface area contributed by atoms with Gasteiger partial charge in [0.15, 0.2) is 0 Å². The van der Waals surface area contributed by atoms with Gasteiger partial charge in [0.2, 0.25) is 0 Å². The van der Waals surface area contributed by atoms with E-state index >= 15 is 0 Å². The Hall–Kier alpha value is -1.59. The molecule has 0 unspecified atom stereocenters. The van der Waals surface area contributed by atoms with Gasteiger partial charge in [-0.15, -0.1) is 0 Å². The van der Waals surface area contributed by atoms with Crippen molar-refractivity contribution in [1.82, 2.24) is 0 Å². The summed E-state index contributed by atoms with van der Waals surface area (Å²) in [4.78, 5) is 10.7. The molecule has 0 atom stereocenters. The third kappa shape index (κ3) is 3.88. The van der Waals surface area contributed by atoms with E-state index in [1.165, 1.54) is 0 Å². The molecule has 5 heteroatoms. The van der Waals surface area contributed by atoms with Gasteiger partial charge in [0.1, 0.15) is 31.0 Å². The fourth-order valence-corrected chi connectivity index (χ4v) is 1.18. The van der Waals surface area contributed by atoms with Crippen LogP contribution in [0.15, 0.2) is 18.2 Å². The SMILES string of the molecule is NCCOc1cc(C=O)cc(OCCN)c1. The minimum absolute atomic E-state index is 0.401. The number of carbonyl (C=O) groups is 1. The number of nitrogens with two attached hydrogens (primary N) is 2. The molecule has 4 N–H and O–H groups in total. The summed E-state index contributed by atoms with van der Waals surface area (Å²) in [5.41, 5.74) is 11.1. The number of hydrogen-bond acceptors (Lipinski definition) is 5. The number of benzene rings is 1. The van der Waals surface area contributed by atoms with Gasteiger partial charge in [-0.25, -0.2) is 0 Å². The molecule has 0 bridgehead atoms. The molecule has 1 rings (SSSR count). The Morgan fingerprint density at radius 3 is 1.88 bits per heavy atom. The van der Waals surface area contributed by atoms with Crippen molar-refractivity contribution < 1.29 is 14.3 Å². The van der Waals surface area contributed by atoms with Crippen LogP contribution in [0.4, 0.5) is 0 Å². The van der Waals surface area contributed by atoms with E-state index in [2.05, 4.69) is 0 Å². The van der Waals surface area contributed by atoms with Crippen molar-refractivity contribution in [3.8, 4) is 11.5 Å². The molecule has 0 aromatic heterocycles. The van der Waals surface area contributed by atoms with E-state index < -0.39 is 0 Å². The monoisotopic (exact) mass is 224 g/mol. The van der Waals surface area contributed by atoms with E-state index in [0.717, 1.165) is 6.29 Å². The zero-order chi connectivity index (χ0) is 11.8. The predicted octanol–water partition coefficient (Wildman–Crippen LogP) is 0.174. The van der Waals surface area contributed by atoms with Crippen LogP contribution in [0.2, 0.25) is 0 Å². The van der Waals surface area contributed by atoms with Crippen molar-refractivity contribution >= 4 is 6.29 Å². The second kappa shape index (κ2) is 6.81. The van der Waals surface area contributed by atoms with E-state index in [1.54, 1.807) is 18.2 Å². The summed E-state index contributed by atoms with van der Waals surface area (Å²) >= 11 is 0. The zero-order valence-electron chi connectivity index (χ0n) is 9.02. The van der Waals surface area contributed by atoms with Crippen LogP contribution >= 0.6 is 0 Å². The Morgan fingerprint density at radius 2 is 1.50 bits per heavy atom. The normalized spacial score (nSPS) is 9.88. The first-order chi connectivity index (χ1) is 7.80. The highest BCUT2D eigenvalue weighted by atomic mass is 16.5. The first-order valence-corrected chi connectivity index (χ1v) is 5.06. The van der Waals surface area contributed by atoms with Gasteiger partial charge in [-0.2, -0.15) is 0 Å². The van der Waals surface area contributed by atoms with Gasteiger partial charge in [-0.1, -0.05) is 0 Å². The average Bonchev–Trinajstić information content (AvgIpc) is 2.33. The molecule has 0 aliphatic rings. The second-order valence-corrected chi connectivity index (χ2v) is 3.13. The molecule has 1 aromatic rings. The molecule has 0 radical (unpaired) electrons. The van der Waals surface area contributed by atoms with E-state index in [0.29, 0.717) is 43.4 Å². The van der Waals surface area contributed by atoms with E-state index in [9.17, 15) is 4.79 Å². The molecular formula is C11H16N2O3. The van der Waals surface area contributed by atoms with Gasteiger partial charge in [0, 0.05) is 24.7 Å². The molecular weight excluding hydrogens is 208 g/mol. The summed E-state index contributed by atoms with van der Waals surface area (Å²) < 4.78 is 10.6. The van der Waals surface area contributed by atoms with Crippen LogP contribution in [0.3, 0.4) is 0 Å². The lowest BCUT2D eigenvalue weighted by atomic mass is 10.2. The maximum absolute atomic E-state index is 10.7. The molecule has 0 aliphatic carbocycles. The number of ether oxygens (including phenoxy) is 2. The third-order valence-corrected chi connectivity index (χ3v) is 1.81. The topological polar surface area (TPSA) is 87.6 Å². The van der Waals surface area contributed by atoms with Gasteiger partial charge in [-0.05, 0) is 12.1 Å². The molecule has 1 aromatic carbocycles. The summed E-state index contributed by atoms with van der Waals surface area (Å²) in [7, 11) is 0. The number of aldehydes is 1. The van der Waals surface area contributed by atoms with Crippen molar-refractivity contribution in [2.45, 2.75) is 0 Å². The van der Waals surface area contributed by atoms with E-state index in [1.807, 2.05) is 0 Å². The molecule has 5 nitrogen and oxygen atoms in total. The minimum atomic E-state index is 0.401. The fourth-order valence-electron chi connectivity index (χ4n) is 1.18. The zero-order valence-corrected chi connectivity index (χ0v) is 9.02. The van der Waals surface area contributed by atoms with Crippen molar-refractivity contribution in [3.63, 3.8) is 0 Å². The van der Waals surface area contributed by atoms with Crippen LogP contribution in [-0.4, -0.2) is 32.6 Å². The first kappa shape index (κ1) is 12.5. The van der Waals surface area contributed by atoms with E-state index in [-0.39, 0.29) is 0 Å². The summed E-state index contributed by atoms with van der Waals surface area (Å²) in [6, 6.07) is 4.98.